The van der Waals surface area contributed by atoms with Crippen LogP contribution >= 0.6 is 24.4 Å². The highest BCUT2D eigenvalue weighted by molar-refractivity contribution is 7.82. The summed E-state index contributed by atoms with van der Waals surface area (Å²) in [5, 5.41) is 0. The van der Waals surface area contributed by atoms with E-state index in [2.05, 4.69) is 75.2 Å². The molecule has 0 aromatic heterocycles. The van der Waals surface area contributed by atoms with Crippen LogP contribution in [0.5, 0.6) is 0 Å². The van der Waals surface area contributed by atoms with Crippen LogP contribution in [-0.4, -0.2) is 97.8 Å². The van der Waals surface area contributed by atoms with Crippen molar-refractivity contribution in [3.05, 3.63) is 20.3 Å². The molecule has 2 rings (SSSR count). The fourth-order valence-corrected chi connectivity index (χ4v) is 7.63. The van der Waals surface area contributed by atoms with Gasteiger partial charge in [-0.05, 0) is 116 Å². The van der Waals surface area contributed by atoms with E-state index < -0.39 is 0 Å². The fourth-order valence-electron chi connectivity index (χ4n) is 6.74. The van der Waals surface area contributed by atoms with Crippen molar-refractivity contribution in [1.29, 1.82) is 0 Å². The van der Waals surface area contributed by atoms with Crippen LogP contribution < -0.4 is 10.3 Å². The zero-order chi connectivity index (χ0) is 31.4. The minimum absolute atomic E-state index is 0.00333. The number of unbranched alkanes of at least 4 members (excludes halogenated alkanes) is 2. The second-order valence-electron chi connectivity index (χ2n) is 13.1. The van der Waals surface area contributed by atoms with E-state index in [9.17, 15) is 9.59 Å². The van der Waals surface area contributed by atoms with Gasteiger partial charge in [0.2, 0.25) is 5.43 Å². The molecule has 0 bridgehead atoms. The molecule has 42 heavy (non-hydrogen) atoms. The van der Waals surface area contributed by atoms with Gasteiger partial charge in [-0.2, -0.15) is 0 Å². The highest BCUT2D eigenvalue weighted by atomic mass is 32.1. The summed E-state index contributed by atoms with van der Waals surface area (Å²) in [7, 11) is 4.13. The van der Waals surface area contributed by atoms with Crippen LogP contribution in [-0.2, 0) is 10.2 Å². The first kappa shape index (κ1) is 37.1. The Balaban J connectivity index is 1.82. The zero-order valence-corrected chi connectivity index (χ0v) is 29.7. The van der Waals surface area contributed by atoms with Crippen LogP contribution in [0.3, 0.4) is 0 Å². The van der Waals surface area contributed by atoms with Crippen LogP contribution in [0.4, 0.5) is 5.69 Å². The minimum Gasteiger partial charge on any atom is -0.371 e. The van der Waals surface area contributed by atoms with Gasteiger partial charge in [0.05, 0.1) is 21.1 Å². The van der Waals surface area contributed by atoms with Gasteiger partial charge >= 0.3 is 0 Å². The summed E-state index contributed by atoms with van der Waals surface area (Å²) in [6.45, 7) is 21.8. The van der Waals surface area contributed by atoms with Crippen molar-refractivity contribution in [3.63, 3.8) is 0 Å². The molecule has 6 nitrogen and oxygen atoms in total. The SMILES string of the molecule is CCCN(CC)CCCCN(C)c1c(C(C)(C)CCCN(CCC)CCCCN(C)C2C(=O)C(=S)C2CC)c(=S)c1=O. The molecule has 1 fully saturated rings. The van der Waals surface area contributed by atoms with Crippen LogP contribution in [0, 0.1) is 10.4 Å². The lowest BCUT2D eigenvalue weighted by Gasteiger charge is -2.41. The van der Waals surface area contributed by atoms with E-state index in [1.165, 1.54) is 6.42 Å². The average molecular weight is 621 g/mol. The van der Waals surface area contributed by atoms with Gasteiger partial charge in [-0.15, -0.1) is 0 Å². The van der Waals surface area contributed by atoms with Gasteiger partial charge in [-0.25, -0.2) is 0 Å². The van der Waals surface area contributed by atoms with Crippen molar-refractivity contribution in [3.8, 4) is 0 Å². The number of Topliss-reactive ketones (excluding diaryl/α,β-unsaturated/α-hetero) is 1. The summed E-state index contributed by atoms with van der Waals surface area (Å²) in [5.74, 6) is 0.423. The lowest BCUT2D eigenvalue weighted by atomic mass is 9.75. The number of likely N-dealkylation sites (N-methyl/N-ethyl adjacent to an activating group) is 1. The normalized spacial score (nSPS) is 17.7. The zero-order valence-electron chi connectivity index (χ0n) is 28.1. The molecule has 0 aliphatic heterocycles. The molecule has 1 saturated carbocycles. The van der Waals surface area contributed by atoms with Crippen molar-refractivity contribution >= 4 is 40.8 Å². The lowest BCUT2D eigenvalue weighted by molar-refractivity contribution is -0.122. The van der Waals surface area contributed by atoms with Gasteiger partial charge in [-0.1, -0.05) is 66.0 Å². The third-order valence-electron chi connectivity index (χ3n) is 9.34. The maximum atomic E-state index is 12.8. The van der Waals surface area contributed by atoms with E-state index >= 15 is 0 Å². The van der Waals surface area contributed by atoms with Gasteiger partial charge < -0.3 is 14.7 Å². The highest BCUT2D eigenvalue weighted by Crippen LogP contribution is 2.37. The number of anilines is 1. The Hall–Kier alpha value is -1.06. The van der Waals surface area contributed by atoms with Crippen molar-refractivity contribution in [2.24, 2.45) is 5.92 Å². The molecule has 0 saturated heterocycles. The first-order chi connectivity index (χ1) is 19.9. The number of rotatable bonds is 23. The fraction of sp³-hybridized carbons (Fsp3) is 0.824. The summed E-state index contributed by atoms with van der Waals surface area (Å²) < 4.78 is 0.549. The second-order valence-corrected chi connectivity index (χ2v) is 14.0. The van der Waals surface area contributed by atoms with Gasteiger partial charge in [-0.3, -0.25) is 14.5 Å². The molecule has 8 heteroatoms. The van der Waals surface area contributed by atoms with Crippen molar-refractivity contribution in [2.45, 2.75) is 111 Å². The molecule has 2 unspecified atom stereocenters. The highest BCUT2D eigenvalue weighted by Gasteiger charge is 2.46. The van der Waals surface area contributed by atoms with Crippen molar-refractivity contribution in [2.75, 3.05) is 71.4 Å². The molecule has 240 valence electrons. The van der Waals surface area contributed by atoms with Crippen LogP contribution in [0.1, 0.15) is 105 Å². The molecule has 0 amide bonds. The summed E-state index contributed by atoms with van der Waals surface area (Å²) >= 11 is 10.9. The predicted molar refractivity (Wildman–Crippen MR) is 187 cm³/mol. The Labute approximate surface area is 267 Å². The molecule has 0 radical (unpaired) electrons. The smallest absolute Gasteiger partial charge is 0.220 e. The van der Waals surface area contributed by atoms with Crippen LogP contribution in [0.15, 0.2) is 4.79 Å². The molecule has 0 spiro atoms. The van der Waals surface area contributed by atoms with E-state index in [4.69, 9.17) is 24.4 Å². The topological polar surface area (TPSA) is 47.1 Å². The summed E-state index contributed by atoms with van der Waals surface area (Å²) in [6, 6.07) is -0.00333. The van der Waals surface area contributed by atoms with Crippen molar-refractivity contribution < 1.29 is 4.79 Å². The van der Waals surface area contributed by atoms with E-state index in [0.29, 0.717) is 9.37 Å². The second kappa shape index (κ2) is 18.0. The largest absolute Gasteiger partial charge is 0.371 e. The lowest BCUT2D eigenvalue weighted by Crippen LogP contribution is -2.59. The number of carbonyl (C=O) groups excluding carboxylic acids is 1. The Bertz CT molecular complexity index is 1060. The van der Waals surface area contributed by atoms with E-state index in [-0.39, 0.29) is 28.6 Å². The first-order valence-electron chi connectivity index (χ1n) is 16.7. The van der Waals surface area contributed by atoms with Gasteiger partial charge in [0.25, 0.3) is 0 Å². The molecule has 1 aliphatic carbocycles. The molecular formula is C34H60N4O2S2. The van der Waals surface area contributed by atoms with Gasteiger partial charge in [0.1, 0.15) is 0 Å². The predicted octanol–water partition coefficient (Wildman–Crippen LogP) is 6.43. The summed E-state index contributed by atoms with van der Waals surface area (Å²) in [6.07, 6.45) is 9.83. The molecule has 1 aromatic carbocycles. The third kappa shape index (κ3) is 9.72. The van der Waals surface area contributed by atoms with E-state index in [1.807, 2.05) is 0 Å². The first-order valence-corrected chi connectivity index (χ1v) is 17.5. The van der Waals surface area contributed by atoms with Crippen LogP contribution in [0.25, 0.3) is 0 Å². The molecule has 0 heterocycles. The molecule has 0 N–H and O–H groups in total. The van der Waals surface area contributed by atoms with E-state index in [0.717, 1.165) is 115 Å². The monoisotopic (exact) mass is 620 g/mol. The number of hydrogen-bond acceptors (Lipinski definition) is 8. The third-order valence-corrected chi connectivity index (χ3v) is 10.2. The number of nitrogens with zero attached hydrogens (tertiary/aromatic N) is 4. The van der Waals surface area contributed by atoms with Gasteiger partial charge in [0, 0.05) is 25.1 Å². The minimum atomic E-state index is -0.110. The quantitative estimate of drug-likeness (QED) is 0.103. The maximum absolute atomic E-state index is 12.8. The Morgan fingerprint density at radius 1 is 0.738 bits per heavy atom. The van der Waals surface area contributed by atoms with Crippen molar-refractivity contribution in [1.82, 2.24) is 14.7 Å². The maximum Gasteiger partial charge on any atom is 0.220 e. The Morgan fingerprint density at radius 3 is 1.88 bits per heavy atom. The standard InChI is InChI=1S/C34H60N4O2S2/c1-9-19-37(12-4)23-15-13-22-36(8)29-27(33(42)31(29)40)34(5,6)18-17-25-38(20-10-2)24-16-14-21-35(7)28-26(11-3)32(41)30(28)39/h26,28H,9-25H2,1-8H3. The van der Waals surface area contributed by atoms with Crippen LogP contribution in [0.2, 0.25) is 0 Å². The van der Waals surface area contributed by atoms with Gasteiger partial charge in [0.15, 0.2) is 5.78 Å². The molecule has 2 atom stereocenters. The Kier molecular flexibility index (Phi) is 15.9. The number of carbonyl (C=O) groups is 1. The molecule has 1 aliphatic rings. The number of ketones is 1. The Morgan fingerprint density at radius 2 is 1.29 bits per heavy atom. The number of hydrogen-bond donors (Lipinski definition) is 0. The molecule has 1 aromatic rings. The summed E-state index contributed by atoms with van der Waals surface area (Å²) in [4.78, 5) is 35.2. The van der Waals surface area contributed by atoms with E-state index in [1.54, 1.807) is 0 Å². The average Bonchev–Trinajstić information content (AvgIpc) is 2.96. The summed E-state index contributed by atoms with van der Waals surface area (Å²) in [5.41, 5.74) is 1.91. The number of thiocarbonyl (C=S) groups is 1. The molecular weight excluding hydrogens is 561 g/mol.